The van der Waals surface area contributed by atoms with Gasteiger partial charge in [0.05, 0.1) is 26.5 Å². The number of carbonyl (C=O) groups excluding carboxylic acids is 1. The number of nitrogens with zero attached hydrogens (tertiary/aromatic N) is 1. The van der Waals surface area contributed by atoms with E-state index >= 15 is 0 Å². The Kier molecular flexibility index (Phi) is 4.96. The second-order valence-electron chi connectivity index (χ2n) is 4.54. The van der Waals surface area contributed by atoms with Crippen LogP contribution in [-0.4, -0.2) is 30.9 Å². The fraction of sp³-hybridized carbons (Fsp3) is 0.312. The predicted octanol–water partition coefficient (Wildman–Crippen LogP) is 2.99. The van der Waals surface area contributed by atoms with Gasteiger partial charge >= 0.3 is 0 Å². The smallest absolute Gasteiger partial charge is 0.176 e. The quantitative estimate of drug-likeness (QED) is 0.727. The molecule has 106 valence electrons. The molecular weight excluding hydrogens is 254 g/mol. The van der Waals surface area contributed by atoms with Gasteiger partial charge in [-0.05, 0) is 30.8 Å². The molecule has 0 unspecified atom stereocenters. The van der Waals surface area contributed by atoms with Crippen molar-refractivity contribution in [1.29, 1.82) is 0 Å². The summed E-state index contributed by atoms with van der Waals surface area (Å²) in [5.41, 5.74) is 0.669. The molecule has 1 aromatic heterocycles. The molecule has 0 aliphatic rings. The first kappa shape index (κ1) is 14.3. The van der Waals surface area contributed by atoms with Gasteiger partial charge < -0.3 is 9.15 Å². The monoisotopic (exact) mass is 273 g/mol. The average molecular weight is 273 g/mol. The van der Waals surface area contributed by atoms with E-state index in [9.17, 15) is 4.79 Å². The van der Waals surface area contributed by atoms with Crippen molar-refractivity contribution in [2.45, 2.75) is 13.5 Å². The zero-order valence-electron chi connectivity index (χ0n) is 11.8. The first-order valence-electron chi connectivity index (χ1n) is 6.65. The Morgan fingerprint density at radius 1 is 1.30 bits per heavy atom. The SMILES string of the molecule is CCN(CC(=O)c1cccc(OC)c1)Cc1ccco1. The molecule has 20 heavy (non-hydrogen) atoms. The zero-order valence-corrected chi connectivity index (χ0v) is 11.8. The van der Waals surface area contributed by atoms with Gasteiger partial charge in [0.2, 0.25) is 0 Å². The molecule has 1 aromatic carbocycles. The van der Waals surface area contributed by atoms with Crippen LogP contribution >= 0.6 is 0 Å². The van der Waals surface area contributed by atoms with Crippen molar-refractivity contribution < 1.29 is 13.9 Å². The van der Waals surface area contributed by atoms with E-state index in [0.717, 1.165) is 12.3 Å². The highest BCUT2D eigenvalue weighted by Crippen LogP contribution is 2.14. The Morgan fingerprint density at radius 2 is 2.15 bits per heavy atom. The minimum Gasteiger partial charge on any atom is -0.497 e. The van der Waals surface area contributed by atoms with E-state index in [1.807, 2.05) is 42.2 Å². The lowest BCUT2D eigenvalue weighted by Gasteiger charge is -2.18. The van der Waals surface area contributed by atoms with Gasteiger partial charge in [-0.15, -0.1) is 0 Å². The number of hydrogen-bond donors (Lipinski definition) is 0. The number of likely N-dealkylation sites (N-methyl/N-ethyl adjacent to an activating group) is 1. The second-order valence-corrected chi connectivity index (χ2v) is 4.54. The number of Topliss-reactive ketones (excluding diaryl/α,β-unsaturated/α-hetero) is 1. The summed E-state index contributed by atoms with van der Waals surface area (Å²) in [4.78, 5) is 14.3. The van der Waals surface area contributed by atoms with Crippen molar-refractivity contribution in [2.24, 2.45) is 0 Å². The molecule has 0 spiro atoms. The number of rotatable bonds is 7. The van der Waals surface area contributed by atoms with E-state index < -0.39 is 0 Å². The van der Waals surface area contributed by atoms with Crippen LogP contribution in [0, 0.1) is 0 Å². The standard InChI is InChI=1S/C16H19NO3/c1-3-17(11-15-8-5-9-20-15)12-16(18)13-6-4-7-14(10-13)19-2/h4-10H,3,11-12H2,1-2H3. The third kappa shape index (κ3) is 3.71. The molecule has 0 saturated heterocycles. The summed E-state index contributed by atoms with van der Waals surface area (Å²) in [5, 5.41) is 0. The minimum absolute atomic E-state index is 0.0808. The lowest BCUT2D eigenvalue weighted by Crippen LogP contribution is -2.29. The predicted molar refractivity (Wildman–Crippen MR) is 77.0 cm³/mol. The van der Waals surface area contributed by atoms with E-state index in [2.05, 4.69) is 0 Å². The number of carbonyl (C=O) groups is 1. The third-order valence-electron chi connectivity index (χ3n) is 3.17. The van der Waals surface area contributed by atoms with Crippen LogP contribution in [0.1, 0.15) is 23.0 Å². The molecule has 0 bridgehead atoms. The molecule has 0 N–H and O–H groups in total. The molecule has 0 aliphatic carbocycles. The summed E-state index contributed by atoms with van der Waals surface area (Å²) in [7, 11) is 1.60. The van der Waals surface area contributed by atoms with Crippen LogP contribution in [0.3, 0.4) is 0 Å². The first-order chi connectivity index (χ1) is 9.72. The van der Waals surface area contributed by atoms with Gasteiger partial charge in [0.1, 0.15) is 11.5 Å². The van der Waals surface area contributed by atoms with Crippen LogP contribution in [0.15, 0.2) is 47.1 Å². The lowest BCUT2D eigenvalue weighted by atomic mass is 10.1. The van der Waals surface area contributed by atoms with Gasteiger partial charge in [0.15, 0.2) is 5.78 Å². The molecule has 0 fully saturated rings. The van der Waals surface area contributed by atoms with Crippen molar-refractivity contribution in [3.8, 4) is 5.75 Å². The van der Waals surface area contributed by atoms with Crippen molar-refractivity contribution in [2.75, 3.05) is 20.2 Å². The van der Waals surface area contributed by atoms with Crippen molar-refractivity contribution in [3.63, 3.8) is 0 Å². The summed E-state index contributed by atoms with van der Waals surface area (Å²) >= 11 is 0. The Hall–Kier alpha value is -2.07. The Morgan fingerprint density at radius 3 is 2.80 bits per heavy atom. The fourth-order valence-corrected chi connectivity index (χ4v) is 1.99. The van der Waals surface area contributed by atoms with Crippen LogP contribution in [-0.2, 0) is 6.54 Å². The minimum atomic E-state index is 0.0808. The van der Waals surface area contributed by atoms with Gasteiger partial charge in [-0.2, -0.15) is 0 Å². The average Bonchev–Trinajstić information content (AvgIpc) is 2.99. The van der Waals surface area contributed by atoms with Crippen LogP contribution in [0.4, 0.5) is 0 Å². The van der Waals surface area contributed by atoms with Gasteiger partial charge in [-0.25, -0.2) is 0 Å². The van der Waals surface area contributed by atoms with E-state index in [1.165, 1.54) is 0 Å². The number of ketones is 1. The number of furan rings is 1. The lowest BCUT2D eigenvalue weighted by molar-refractivity contribution is 0.0924. The molecule has 0 saturated carbocycles. The second kappa shape index (κ2) is 6.91. The molecular formula is C16H19NO3. The number of ether oxygens (including phenoxy) is 1. The van der Waals surface area contributed by atoms with Crippen LogP contribution in [0.5, 0.6) is 5.75 Å². The van der Waals surface area contributed by atoms with Crippen molar-refractivity contribution in [3.05, 3.63) is 54.0 Å². The summed E-state index contributed by atoms with van der Waals surface area (Å²) in [5.74, 6) is 1.65. The Balaban J connectivity index is 2.01. The molecule has 4 heteroatoms. The molecule has 1 heterocycles. The van der Waals surface area contributed by atoms with Crippen LogP contribution in [0.2, 0.25) is 0 Å². The van der Waals surface area contributed by atoms with Gasteiger partial charge in [-0.1, -0.05) is 19.1 Å². The van der Waals surface area contributed by atoms with Gasteiger partial charge in [0, 0.05) is 5.56 Å². The normalized spacial score (nSPS) is 10.8. The van der Waals surface area contributed by atoms with Crippen molar-refractivity contribution >= 4 is 5.78 Å². The topological polar surface area (TPSA) is 42.7 Å². The molecule has 4 nitrogen and oxygen atoms in total. The maximum absolute atomic E-state index is 12.3. The van der Waals surface area contributed by atoms with Crippen LogP contribution < -0.4 is 4.74 Å². The molecule has 0 amide bonds. The highest BCUT2D eigenvalue weighted by atomic mass is 16.5. The van der Waals surface area contributed by atoms with E-state index in [1.54, 1.807) is 19.4 Å². The maximum atomic E-state index is 12.3. The highest BCUT2D eigenvalue weighted by Gasteiger charge is 2.13. The molecule has 0 aliphatic heterocycles. The summed E-state index contributed by atoms with van der Waals surface area (Å²) in [6, 6.07) is 11.0. The van der Waals surface area contributed by atoms with E-state index in [4.69, 9.17) is 9.15 Å². The largest absolute Gasteiger partial charge is 0.497 e. The number of methoxy groups -OCH3 is 1. The molecule has 2 rings (SSSR count). The zero-order chi connectivity index (χ0) is 14.4. The van der Waals surface area contributed by atoms with E-state index in [-0.39, 0.29) is 5.78 Å². The third-order valence-corrected chi connectivity index (χ3v) is 3.17. The maximum Gasteiger partial charge on any atom is 0.176 e. The molecule has 0 radical (unpaired) electrons. The van der Waals surface area contributed by atoms with Crippen molar-refractivity contribution in [1.82, 2.24) is 4.90 Å². The van der Waals surface area contributed by atoms with Crippen LogP contribution in [0.25, 0.3) is 0 Å². The Labute approximate surface area is 119 Å². The summed E-state index contributed by atoms with van der Waals surface area (Å²) in [6.45, 7) is 3.82. The van der Waals surface area contributed by atoms with E-state index in [0.29, 0.717) is 24.4 Å². The molecule has 0 atom stereocenters. The number of hydrogen-bond acceptors (Lipinski definition) is 4. The van der Waals surface area contributed by atoms with Gasteiger partial charge in [0.25, 0.3) is 0 Å². The molecule has 2 aromatic rings. The van der Waals surface area contributed by atoms with Gasteiger partial charge in [-0.3, -0.25) is 9.69 Å². The Bertz CT molecular complexity index is 549. The fourth-order valence-electron chi connectivity index (χ4n) is 1.99. The highest BCUT2D eigenvalue weighted by molar-refractivity contribution is 5.97. The summed E-state index contributed by atoms with van der Waals surface area (Å²) < 4.78 is 10.5. The summed E-state index contributed by atoms with van der Waals surface area (Å²) in [6.07, 6.45) is 1.65. The first-order valence-corrected chi connectivity index (χ1v) is 6.65. The number of benzene rings is 1.